The monoisotopic (exact) mass is 300 g/mol. The van der Waals surface area contributed by atoms with Gasteiger partial charge in [0.05, 0.1) is 6.10 Å². The molecule has 0 amide bonds. The number of aliphatic hydroxyl groups is 1. The van der Waals surface area contributed by atoms with Crippen LogP contribution in [0.25, 0.3) is 0 Å². The molecule has 0 radical (unpaired) electrons. The number of rotatable bonds is 7. The van der Waals surface area contributed by atoms with Crippen LogP contribution in [-0.2, 0) is 4.43 Å². The van der Waals surface area contributed by atoms with Crippen LogP contribution in [0.3, 0.4) is 0 Å². The van der Waals surface area contributed by atoms with Crippen LogP contribution in [0.4, 0.5) is 0 Å². The quantitative estimate of drug-likeness (QED) is 0.734. The average molecular weight is 301 g/mol. The van der Waals surface area contributed by atoms with Crippen molar-refractivity contribution in [1.82, 2.24) is 0 Å². The van der Waals surface area contributed by atoms with Gasteiger partial charge in [-0.1, -0.05) is 49.6 Å². The lowest BCUT2D eigenvalue weighted by atomic mass is 10.0. The maximum absolute atomic E-state index is 10.6. The van der Waals surface area contributed by atoms with Gasteiger partial charge in [-0.2, -0.15) is 0 Å². The molecule has 2 atom stereocenters. The number of hydrogen-bond acceptors (Lipinski definition) is 2. The SMILES string of the molecule is CCCCC(O[Si](C)(C)C)[C@@H](O)c1ccccc1Cl. The highest BCUT2D eigenvalue weighted by Crippen LogP contribution is 2.30. The molecule has 0 fully saturated rings. The predicted octanol–water partition coefficient (Wildman–Crippen LogP) is 4.78. The standard InChI is InChI=1S/C15H25ClO2Si/c1-5-6-11-14(18-19(2,3)4)15(17)12-9-7-8-10-13(12)16/h7-10,14-15,17H,5-6,11H2,1-4H3/t14?,15-/m0/s1. The molecule has 4 heteroatoms. The number of aliphatic hydroxyl groups excluding tert-OH is 1. The molecule has 0 bridgehead atoms. The largest absolute Gasteiger partial charge is 0.412 e. The van der Waals surface area contributed by atoms with Crippen molar-refractivity contribution < 1.29 is 9.53 Å². The Kier molecular flexibility index (Phi) is 6.53. The third-order valence-electron chi connectivity index (χ3n) is 2.92. The summed E-state index contributed by atoms with van der Waals surface area (Å²) in [5.74, 6) is 0. The van der Waals surface area contributed by atoms with Gasteiger partial charge in [-0.15, -0.1) is 0 Å². The van der Waals surface area contributed by atoms with Crippen molar-refractivity contribution in [3.05, 3.63) is 34.9 Å². The van der Waals surface area contributed by atoms with Crippen molar-refractivity contribution in [2.75, 3.05) is 0 Å². The second-order valence-corrected chi connectivity index (χ2v) is 10.7. The lowest BCUT2D eigenvalue weighted by molar-refractivity contribution is 0.0242. The first-order valence-corrected chi connectivity index (χ1v) is 10.7. The molecular formula is C15H25ClO2Si. The fraction of sp³-hybridized carbons (Fsp3) is 0.600. The maximum atomic E-state index is 10.6. The summed E-state index contributed by atoms with van der Waals surface area (Å²) < 4.78 is 6.14. The molecule has 0 aromatic heterocycles. The molecule has 0 aliphatic heterocycles. The van der Waals surface area contributed by atoms with Crippen LogP contribution in [0.2, 0.25) is 24.7 Å². The van der Waals surface area contributed by atoms with E-state index >= 15 is 0 Å². The summed E-state index contributed by atoms with van der Waals surface area (Å²) in [7, 11) is -1.69. The summed E-state index contributed by atoms with van der Waals surface area (Å²) in [6.45, 7) is 8.58. The highest BCUT2D eigenvalue weighted by atomic mass is 35.5. The van der Waals surface area contributed by atoms with Crippen molar-refractivity contribution >= 4 is 19.9 Å². The van der Waals surface area contributed by atoms with Crippen LogP contribution < -0.4 is 0 Å². The summed E-state index contributed by atoms with van der Waals surface area (Å²) in [5, 5.41) is 11.2. The Morgan fingerprint density at radius 2 is 1.89 bits per heavy atom. The smallest absolute Gasteiger partial charge is 0.184 e. The van der Waals surface area contributed by atoms with Crippen LogP contribution in [0.15, 0.2) is 24.3 Å². The Bertz CT molecular complexity index is 390. The molecule has 19 heavy (non-hydrogen) atoms. The molecule has 0 saturated carbocycles. The molecule has 1 aromatic rings. The molecule has 0 saturated heterocycles. The molecule has 0 heterocycles. The third-order valence-corrected chi connectivity index (χ3v) is 4.28. The molecule has 108 valence electrons. The van der Waals surface area contributed by atoms with Crippen molar-refractivity contribution in [1.29, 1.82) is 0 Å². The van der Waals surface area contributed by atoms with Crippen molar-refractivity contribution in [2.45, 2.75) is 58.0 Å². The van der Waals surface area contributed by atoms with E-state index in [0.717, 1.165) is 24.8 Å². The molecule has 0 aliphatic carbocycles. The summed E-state index contributed by atoms with van der Waals surface area (Å²) in [4.78, 5) is 0. The van der Waals surface area contributed by atoms with Crippen LogP contribution in [-0.4, -0.2) is 19.5 Å². The minimum absolute atomic E-state index is 0.161. The molecule has 1 aromatic carbocycles. The molecular weight excluding hydrogens is 276 g/mol. The Balaban J connectivity index is 2.87. The fourth-order valence-electron chi connectivity index (χ4n) is 2.06. The molecule has 2 nitrogen and oxygen atoms in total. The summed E-state index contributed by atoms with van der Waals surface area (Å²) in [6, 6.07) is 7.46. The topological polar surface area (TPSA) is 29.5 Å². The first kappa shape index (κ1) is 16.7. The number of unbranched alkanes of at least 4 members (excludes halogenated alkanes) is 1. The zero-order chi connectivity index (χ0) is 14.5. The van der Waals surface area contributed by atoms with Gasteiger partial charge in [-0.3, -0.25) is 0 Å². The van der Waals surface area contributed by atoms with Gasteiger partial charge in [-0.25, -0.2) is 0 Å². The van der Waals surface area contributed by atoms with E-state index < -0.39 is 14.4 Å². The molecule has 1 unspecified atom stereocenters. The van der Waals surface area contributed by atoms with E-state index in [1.54, 1.807) is 0 Å². The van der Waals surface area contributed by atoms with Crippen molar-refractivity contribution in [3.63, 3.8) is 0 Å². The average Bonchev–Trinajstić information content (AvgIpc) is 2.33. The van der Waals surface area contributed by atoms with Gasteiger partial charge in [0, 0.05) is 10.6 Å². The Morgan fingerprint density at radius 3 is 2.42 bits per heavy atom. The first-order chi connectivity index (χ1) is 8.85. The normalized spacial score (nSPS) is 15.3. The molecule has 1 N–H and O–H groups in total. The van der Waals surface area contributed by atoms with E-state index in [4.69, 9.17) is 16.0 Å². The summed E-state index contributed by atoms with van der Waals surface area (Å²) in [6.07, 6.45) is 2.21. The molecule has 1 rings (SSSR count). The van der Waals surface area contributed by atoms with Crippen LogP contribution in [0, 0.1) is 0 Å². The van der Waals surface area contributed by atoms with Gasteiger partial charge in [0.15, 0.2) is 8.32 Å². The van der Waals surface area contributed by atoms with Crippen LogP contribution in [0.1, 0.15) is 37.9 Å². The Hall–Kier alpha value is -0.353. The van der Waals surface area contributed by atoms with Crippen LogP contribution >= 0.6 is 11.6 Å². The van der Waals surface area contributed by atoms with E-state index in [1.165, 1.54) is 0 Å². The fourth-order valence-corrected chi connectivity index (χ4v) is 3.46. The third kappa shape index (κ3) is 5.65. The minimum Gasteiger partial charge on any atom is -0.412 e. The van der Waals surface area contributed by atoms with Crippen LogP contribution in [0.5, 0.6) is 0 Å². The Morgan fingerprint density at radius 1 is 1.26 bits per heavy atom. The highest BCUT2D eigenvalue weighted by molar-refractivity contribution is 6.69. The second-order valence-electron chi connectivity index (χ2n) is 5.88. The van der Waals surface area contributed by atoms with Gasteiger partial charge in [0.25, 0.3) is 0 Å². The van der Waals surface area contributed by atoms with Gasteiger partial charge in [0.1, 0.15) is 6.10 Å². The van der Waals surface area contributed by atoms with E-state index in [2.05, 4.69) is 26.6 Å². The lowest BCUT2D eigenvalue weighted by Crippen LogP contribution is -2.35. The van der Waals surface area contributed by atoms with Gasteiger partial charge >= 0.3 is 0 Å². The van der Waals surface area contributed by atoms with Crippen molar-refractivity contribution in [3.8, 4) is 0 Å². The Labute approximate surface area is 122 Å². The maximum Gasteiger partial charge on any atom is 0.184 e. The van der Waals surface area contributed by atoms with E-state index in [9.17, 15) is 5.11 Å². The van der Waals surface area contributed by atoms with Gasteiger partial charge in [0.2, 0.25) is 0 Å². The second kappa shape index (κ2) is 7.43. The first-order valence-electron chi connectivity index (χ1n) is 6.95. The minimum atomic E-state index is -1.69. The van der Waals surface area contributed by atoms with E-state index in [1.807, 2.05) is 24.3 Å². The summed E-state index contributed by atoms with van der Waals surface area (Å²) >= 11 is 6.16. The lowest BCUT2D eigenvalue weighted by Gasteiger charge is -2.30. The highest BCUT2D eigenvalue weighted by Gasteiger charge is 2.28. The molecule has 0 spiro atoms. The van der Waals surface area contributed by atoms with Gasteiger partial charge in [-0.05, 0) is 32.1 Å². The predicted molar refractivity (Wildman–Crippen MR) is 84.2 cm³/mol. The van der Waals surface area contributed by atoms with E-state index in [0.29, 0.717) is 5.02 Å². The summed E-state index contributed by atoms with van der Waals surface area (Å²) in [5.41, 5.74) is 0.767. The number of halogens is 1. The van der Waals surface area contributed by atoms with Crippen molar-refractivity contribution in [2.24, 2.45) is 0 Å². The molecule has 0 aliphatic rings. The number of hydrogen-bond donors (Lipinski definition) is 1. The zero-order valence-electron chi connectivity index (χ0n) is 12.3. The number of benzene rings is 1. The zero-order valence-corrected chi connectivity index (χ0v) is 14.1. The van der Waals surface area contributed by atoms with E-state index in [-0.39, 0.29) is 6.10 Å². The van der Waals surface area contributed by atoms with Gasteiger partial charge < -0.3 is 9.53 Å².